The monoisotopic (exact) mass is 333 g/mol. The van der Waals surface area contributed by atoms with Crippen LogP contribution in [0.5, 0.6) is 0 Å². The Morgan fingerprint density at radius 2 is 1.95 bits per heavy atom. The van der Waals surface area contributed by atoms with Crippen LogP contribution in [0.25, 0.3) is 0 Å². The van der Waals surface area contributed by atoms with Crippen LogP contribution in [-0.4, -0.2) is 33.7 Å². The fourth-order valence-electron chi connectivity index (χ4n) is 1.34. The van der Waals surface area contributed by atoms with Gasteiger partial charge in [0.2, 0.25) is 5.91 Å². The summed E-state index contributed by atoms with van der Waals surface area (Å²) in [6.45, 7) is 6.97. The van der Waals surface area contributed by atoms with Gasteiger partial charge in [0, 0.05) is 12.3 Å². The van der Waals surface area contributed by atoms with Crippen LogP contribution in [-0.2, 0) is 4.79 Å². The second kappa shape index (κ2) is 10.5. The molecule has 1 aromatic heterocycles. The summed E-state index contributed by atoms with van der Waals surface area (Å²) in [7, 11) is 0. The van der Waals surface area contributed by atoms with Gasteiger partial charge in [-0.15, -0.1) is 10.2 Å². The van der Waals surface area contributed by atoms with Crippen molar-refractivity contribution in [1.82, 2.24) is 15.5 Å². The Kier molecular flexibility index (Phi) is 9.30. The molecule has 1 rings (SSSR count). The van der Waals surface area contributed by atoms with Crippen molar-refractivity contribution in [2.24, 2.45) is 0 Å². The SMILES string of the molecule is CCCCNC(=O)C(C)Sc1nnc(SCCCC)s1. The van der Waals surface area contributed by atoms with Gasteiger partial charge >= 0.3 is 0 Å². The van der Waals surface area contributed by atoms with Crippen molar-refractivity contribution in [3.63, 3.8) is 0 Å². The van der Waals surface area contributed by atoms with E-state index in [1.165, 1.54) is 24.6 Å². The summed E-state index contributed by atoms with van der Waals surface area (Å²) in [5, 5.41) is 11.1. The molecule has 0 bridgehead atoms. The maximum atomic E-state index is 11.9. The third kappa shape index (κ3) is 6.95. The maximum absolute atomic E-state index is 11.9. The predicted octanol–water partition coefficient (Wildman–Crippen LogP) is 3.83. The van der Waals surface area contributed by atoms with E-state index in [0.29, 0.717) is 0 Å². The Morgan fingerprint density at radius 1 is 1.25 bits per heavy atom. The molecule has 0 saturated carbocycles. The van der Waals surface area contributed by atoms with E-state index < -0.39 is 0 Å². The number of amides is 1. The molecule has 0 saturated heterocycles. The molecule has 7 heteroatoms. The van der Waals surface area contributed by atoms with Crippen LogP contribution in [0.3, 0.4) is 0 Å². The van der Waals surface area contributed by atoms with E-state index in [2.05, 4.69) is 29.4 Å². The minimum Gasteiger partial charge on any atom is -0.355 e. The van der Waals surface area contributed by atoms with Crippen LogP contribution in [0, 0.1) is 0 Å². The Balaban J connectivity index is 2.34. The molecule has 1 unspecified atom stereocenters. The van der Waals surface area contributed by atoms with Gasteiger partial charge in [-0.3, -0.25) is 4.79 Å². The van der Waals surface area contributed by atoms with E-state index >= 15 is 0 Å². The number of unbranched alkanes of at least 4 members (excludes halogenated alkanes) is 2. The lowest BCUT2D eigenvalue weighted by atomic mass is 10.3. The molecule has 20 heavy (non-hydrogen) atoms. The van der Waals surface area contributed by atoms with Gasteiger partial charge in [-0.25, -0.2) is 0 Å². The van der Waals surface area contributed by atoms with Crippen molar-refractivity contribution in [1.29, 1.82) is 0 Å². The zero-order valence-electron chi connectivity index (χ0n) is 12.3. The normalized spacial score (nSPS) is 12.3. The van der Waals surface area contributed by atoms with E-state index in [9.17, 15) is 4.79 Å². The zero-order chi connectivity index (χ0) is 14.8. The molecule has 4 nitrogen and oxygen atoms in total. The molecular weight excluding hydrogens is 310 g/mol. The first-order valence-electron chi connectivity index (χ1n) is 7.08. The number of aromatic nitrogens is 2. The molecular formula is C13H23N3OS3. The van der Waals surface area contributed by atoms with E-state index in [1.807, 2.05) is 6.92 Å². The second-order valence-electron chi connectivity index (χ2n) is 4.44. The fraction of sp³-hybridized carbons (Fsp3) is 0.769. The Bertz CT molecular complexity index is 398. The Labute approximate surface area is 133 Å². The van der Waals surface area contributed by atoms with Crippen molar-refractivity contribution in [2.45, 2.75) is 60.4 Å². The molecule has 0 aromatic carbocycles. The van der Waals surface area contributed by atoms with Crippen LogP contribution in [0.15, 0.2) is 8.68 Å². The summed E-state index contributed by atoms with van der Waals surface area (Å²) in [6.07, 6.45) is 4.52. The minimum atomic E-state index is -0.117. The van der Waals surface area contributed by atoms with E-state index in [1.54, 1.807) is 23.1 Å². The van der Waals surface area contributed by atoms with Crippen LogP contribution in [0.2, 0.25) is 0 Å². The van der Waals surface area contributed by atoms with Gasteiger partial charge in [-0.2, -0.15) is 0 Å². The Hall–Kier alpha value is -0.270. The Morgan fingerprint density at radius 3 is 2.65 bits per heavy atom. The highest BCUT2D eigenvalue weighted by atomic mass is 32.2. The molecule has 1 N–H and O–H groups in total. The van der Waals surface area contributed by atoms with Gasteiger partial charge in [-0.1, -0.05) is 61.5 Å². The number of hydrogen-bond donors (Lipinski definition) is 1. The first kappa shape index (κ1) is 17.8. The highest BCUT2D eigenvalue weighted by molar-refractivity contribution is 8.03. The molecule has 1 amide bonds. The number of carbonyl (C=O) groups is 1. The zero-order valence-corrected chi connectivity index (χ0v) is 14.8. The number of hydrogen-bond acceptors (Lipinski definition) is 6. The summed E-state index contributed by atoms with van der Waals surface area (Å²) >= 11 is 4.82. The molecule has 0 radical (unpaired) electrons. The summed E-state index contributed by atoms with van der Waals surface area (Å²) in [5.74, 6) is 1.17. The van der Waals surface area contributed by atoms with Gasteiger partial charge < -0.3 is 5.32 Å². The third-order valence-corrected chi connectivity index (χ3v) is 5.91. The average molecular weight is 334 g/mol. The van der Waals surface area contributed by atoms with Crippen molar-refractivity contribution in [2.75, 3.05) is 12.3 Å². The second-order valence-corrected chi connectivity index (χ2v) is 8.35. The molecule has 1 aromatic rings. The highest BCUT2D eigenvalue weighted by Crippen LogP contribution is 2.31. The highest BCUT2D eigenvalue weighted by Gasteiger charge is 2.16. The topological polar surface area (TPSA) is 54.9 Å². The van der Waals surface area contributed by atoms with Crippen molar-refractivity contribution >= 4 is 40.8 Å². The molecule has 1 atom stereocenters. The van der Waals surface area contributed by atoms with E-state index in [-0.39, 0.29) is 11.2 Å². The number of nitrogens with one attached hydrogen (secondary N) is 1. The van der Waals surface area contributed by atoms with Crippen LogP contribution in [0.4, 0.5) is 0 Å². The van der Waals surface area contributed by atoms with Crippen LogP contribution >= 0.6 is 34.9 Å². The molecule has 0 aliphatic rings. The predicted molar refractivity (Wildman–Crippen MR) is 88.8 cm³/mol. The van der Waals surface area contributed by atoms with E-state index in [0.717, 1.165) is 33.8 Å². The summed E-state index contributed by atoms with van der Waals surface area (Å²) in [5.41, 5.74) is 0. The largest absolute Gasteiger partial charge is 0.355 e. The number of rotatable bonds is 10. The summed E-state index contributed by atoms with van der Waals surface area (Å²) in [6, 6.07) is 0. The van der Waals surface area contributed by atoms with Gasteiger partial charge in [0.15, 0.2) is 8.68 Å². The van der Waals surface area contributed by atoms with Gasteiger partial charge in [0.1, 0.15) is 0 Å². The summed E-state index contributed by atoms with van der Waals surface area (Å²) in [4.78, 5) is 11.9. The fourth-order valence-corrected chi connectivity index (χ4v) is 4.69. The van der Waals surface area contributed by atoms with Gasteiger partial charge in [0.25, 0.3) is 0 Å². The lowest BCUT2D eigenvalue weighted by Crippen LogP contribution is -2.31. The lowest BCUT2D eigenvalue weighted by molar-refractivity contribution is -0.120. The van der Waals surface area contributed by atoms with Crippen molar-refractivity contribution in [3.8, 4) is 0 Å². The smallest absolute Gasteiger partial charge is 0.233 e. The minimum absolute atomic E-state index is 0.0823. The number of carbonyl (C=O) groups excluding carboxylic acids is 1. The quantitative estimate of drug-likeness (QED) is 0.521. The van der Waals surface area contributed by atoms with Gasteiger partial charge in [-0.05, 0) is 19.8 Å². The molecule has 0 aliphatic heterocycles. The van der Waals surface area contributed by atoms with Crippen LogP contribution in [0.1, 0.15) is 46.5 Å². The van der Waals surface area contributed by atoms with Gasteiger partial charge in [0.05, 0.1) is 5.25 Å². The van der Waals surface area contributed by atoms with Crippen LogP contribution < -0.4 is 5.32 Å². The van der Waals surface area contributed by atoms with Crippen molar-refractivity contribution in [3.05, 3.63) is 0 Å². The molecule has 1 heterocycles. The first-order chi connectivity index (χ1) is 9.67. The molecule has 114 valence electrons. The average Bonchev–Trinajstić information content (AvgIpc) is 2.86. The number of thioether (sulfide) groups is 2. The maximum Gasteiger partial charge on any atom is 0.233 e. The third-order valence-electron chi connectivity index (χ3n) is 2.59. The molecule has 0 fully saturated rings. The number of nitrogens with zero attached hydrogens (tertiary/aromatic N) is 2. The molecule has 0 aliphatic carbocycles. The standard InChI is InChI=1S/C13H23N3OS3/c1-4-6-8-14-11(17)10(3)19-13-16-15-12(20-13)18-9-7-5-2/h10H,4-9H2,1-3H3,(H,14,17). The van der Waals surface area contributed by atoms with E-state index in [4.69, 9.17) is 0 Å². The molecule has 0 spiro atoms. The van der Waals surface area contributed by atoms with Crippen molar-refractivity contribution < 1.29 is 4.79 Å². The lowest BCUT2D eigenvalue weighted by Gasteiger charge is -2.09. The first-order valence-corrected chi connectivity index (χ1v) is 9.76. The summed E-state index contributed by atoms with van der Waals surface area (Å²) < 4.78 is 1.88.